The number of imidazole rings is 1. The van der Waals surface area contributed by atoms with Gasteiger partial charge in [-0.25, -0.2) is 0 Å². The third-order valence-corrected chi connectivity index (χ3v) is 2.21. The molecule has 0 atom stereocenters. The Balaban J connectivity index is 2.21. The van der Waals surface area contributed by atoms with Gasteiger partial charge in [0.15, 0.2) is 4.77 Å². The Labute approximate surface area is 99.3 Å². The fourth-order valence-corrected chi connectivity index (χ4v) is 1.49. The molecule has 90 valence electrons. The highest BCUT2D eigenvalue weighted by molar-refractivity contribution is 7.71. The first-order valence-electron chi connectivity index (χ1n) is 4.58. The van der Waals surface area contributed by atoms with Gasteiger partial charge in [-0.3, -0.25) is 0 Å². The standard InChI is InChI=1S/C10H7F3N2OS/c11-10(12,13)16-7-3-1-6(2-4-7)8-5-14-9(17)15-8/h1-5H,(H2,14,15,17). The van der Waals surface area contributed by atoms with E-state index in [2.05, 4.69) is 14.7 Å². The van der Waals surface area contributed by atoms with Gasteiger partial charge in [0, 0.05) is 6.20 Å². The van der Waals surface area contributed by atoms with E-state index in [0.29, 0.717) is 16.0 Å². The molecule has 0 aliphatic rings. The van der Waals surface area contributed by atoms with E-state index in [1.54, 1.807) is 6.20 Å². The minimum Gasteiger partial charge on any atom is -0.406 e. The zero-order valence-corrected chi connectivity index (χ0v) is 9.15. The summed E-state index contributed by atoms with van der Waals surface area (Å²) in [6.07, 6.45) is -3.03. The van der Waals surface area contributed by atoms with E-state index in [1.165, 1.54) is 24.3 Å². The number of aromatic nitrogens is 2. The number of ether oxygens (including phenoxy) is 1. The monoisotopic (exact) mass is 260 g/mol. The Kier molecular flexibility index (Phi) is 2.93. The molecule has 3 nitrogen and oxygen atoms in total. The number of alkyl halides is 3. The summed E-state index contributed by atoms with van der Waals surface area (Å²) in [5.41, 5.74) is 1.42. The van der Waals surface area contributed by atoms with Crippen LogP contribution in [0.1, 0.15) is 0 Å². The molecule has 2 N–H and O–H groups in total. The maximum absolute atomic E-state index is 11.9. The lowest BCUT2D eigenvalue weighted by Gasteiger charge is -2.08. The molecule has 0 saturated carbocycles. The van der Waals surface area contributed by atoms with Crippen molar-refractivity contribution >= 4 is 12.2 Å². The first kappa shape index (κ1) is 11.7. The number of nitrogens with one attached hydrogen (secondary N) is 2. The van der Waals surface area contributed by atoms with Gasteiger partial charge in [0.05, 0.1) is 5.69 Å². The van der Waals surface area contributed by atoms with E-state index < -0.39 is 6.36 Å². The Morgan fingerprint density at radius 3 is 2.24 bits per heavy atom. The molecule has 0 amide bonds. The molecule has 0 aliphatic carbocycles. The van der Waals surface area contributed by atoms with E-state index in [4.69, 9.17) is 12.2 Å². The first-order valence-corrected chi connectivity index (χ1v) is 4.99. The van der Waals surface area contributed by atoms with Gasteiger partial charge in [0.2, 0.25) is 0 Å². The zero-order valence-electron chi connectivity index (χ0n) is 8.34. The van der Waals surface area contributed by atoms with Crippen LogP contribution in [0.2, 0.25) is 0 Å². The van der Waals surface area contributed by atoms with Crippen LogP contribution < -0.4 is 4.74 Å². The Morgan fingerprint density at radius 2 is 1.76 bits per heavy atom. The molecule has 1 aromatic carbocycles. The van der Waals surface area contributed by atoms with Crippen LogP contribution in [0.4, 0.5) is 13.2 Å². The summed E-state index contributed by atoms with van der Waals surface area (Å²) in [6.45, 7) is 0. The highest BCUT2D eigenvalue weighted by Gasteiger charge is 2.30. The number of aromatic amines is 2. The Hall–Kier alpha value is -1.76. The lowest BCUT2D eigenvalue weighted by atomic mass is 10.2. The summed E-state index contributed by atoms with van der Waals surface area (Å²) < 4.78 is 40.0. The van der Waals surface area contributed by atoms with Crippen LogP contribution in [0.5, 0.6) is 5.75 Å². The lowest BCUT2D eigenvalue weighted by molar-refractivity contribution is -0.274. The second-order valence-electron chi connectivity index (χ2n) is 3.23. The SMILES string of the molecule is FC(F)(F)Oc1ccc(-c2c[nH]c(=S)[nH]2)cc1. The van der Waals surface area contributed by atoms with Crippen molar-refractivity contribution in [3.8, 4) is 17.0 Å². The highest BCUT2D eigenvalue weighted by Crippen LogP contribution is 2.25. The number of H-pyrrole nitrogens is 2. The Morgan fingerprint density at radius 1 is 1.12 bits per heavy atom. The molecule has 2 rings (SSSR count). The fraction of sp³-hybridized carbons (Fsp3) is 0.100. The summed E-state index contributed by atoms with van der Waals surface area (Å²) in [5, 5.41) is 0. The van der Waals surface area contributed by atoms with Crippen molar-refractivity contribution in [1.82, 2.24) is 9.97 Å². The summed E-state index contributed by atoms with van der Waals surface area (Å²) >= 11 is 4.85. The molecule has 17 heavy (non-hydrogen) atoms. The average Bonchev–Trinajstić information content (AvgIpc) is 2.63. The van der Waals surface area contributed by atoms with Crippen molar-refractivity contribution in [3.05, 3.63) is 35.2 Å². The average molecular weight is 260 g/mol. The minimum absolute atomic E-state index is 0.254. The van der Waals surface area contributed by atoms with Crippen LogP contribution >= 0.6 is 12.2 Å². The summed E-state index contributed by atoms with van der Waals surface area (Å²) in [4.78, 5) is 5.62. The second-order valence-corrected chi connectivity index (χ2v) is 3.64. The number of halogens is 3. The Bertz CT molecular complexity index is 556. The van der Waals surface area contributed by atoms with Gasteiger partial charge in [-0.1, -0.05) is 0 Å². The molecule has 0 radical (unpaired) electrons. The largest absolute Gasteiger partial charge is 0.573 e. The van der Waals surface area contributed by atoms with Crippen LogP contribution in [0.3, 0.4) is 0 Å². The van der Waals surface area contributed by atoms with Crippen LogP contribution in [0.25, 0.3) is 11.3 Å². The molecular weight excluding hydrogens is 253 g/mol. The molecule has 0 aliphatic heterocycles. The predicted molar refractivity (Wildman–Crippen MR) is 58.1 cm³/mol. The van der Waals surface area contributed by atoms with Crippen molar-refractivity contribution < 1.29 is 17.9 Å². The maximum atomic E-state index is 11.9. The normalized spacial score (nSPS) is 11.5. The highest BCUT2D eigenvalue weighted by atomic mass is 32.1. The molecule has 0 unspecified atom stereocenters. The predicted octanol–water partition coefficient (Wildman–Crippen LogP) is 3.64. The zero-order chi connectivity index (χ0) is 12.5. The molecular formula is C10H7F3N2OS. The van der Waals surface area contributed by atoms with E-state index in [1.807, 2.05) is 0 Å². The van der Waals surface area contributed by atoms with Crippen LogP contribution in [0.15, 0.2) is 30.5 Å². The molecule has 1 aromatic heterocycles. The van der Waals surface area contributed by atoms with Crippen molar-refractivity contribution in [1.29, 1.82) is 0 Å². The fourth-order valence-electron chi connectivity index (χ4n) is 1.32. The van der Waals surface area contributed by atoms with E-state index in [0.717, 1.165) is 0 Å². The molecule has 7 heteroatoms. The lowest BCUT2D eigenvalue weighted by Crippen LogP contribution is -2.16. The number of hydrogen-bond donors (Lipinski definition) is 2. The topological polar surface area (TPSA) is 40.8 Å². The van der Waals surface area contributed by atoms with Crippen LogP contribution in [-0.2, 0) is 0 Å². The molecule has 0 spiro atoms. The smallest absolute Gasteiger partial charge is 0.406 e. The first-order chi connectivity index (χ1) is 7.94. The molecule has 0 fully saturated rings. The van der Waals surface area contributed by atoms with Crippen molar-refractivity contribution in [2.75, 3.05) is 0 Å². The number of benzene rings is 1. The number of rotatable bonds is 2. The van der Waals surface area contributed by atoms with Crippen LogP contribution in [0, 0.1) is 4.77 Å². The number of hydrogen-bond acceptors (Lipinski definition) is 2. The van der Waals surface area contributed by atoms with Crippen molar-refractivity contribution in [2.45, 2.75) is 6.36 Å². The van der Waals surface area contributed by atoms with Gasteiger partial charge in [-0.15, -0.1) is 13.2 Å². The minimum atomic E-state index is -4.67. The summed E-state index contributed by atoms with van der Waals surface area (Å²) in [5.74, 6) is -0.254. The second kappa shape index (κ2) is 4.25. The van der Waals surface area contributed by atoms with Crippen molar-refractivity contribution in [2.24, 2.45) is 0 Å². The maximum Gasteiger partial charge on any atom is 0.573 e. The molecule has 0 saturated heterocycles. The quantitative estimate of drug-likeness (QED) is 0.809. The van der Waals surface area contributed by atoms with Crippen molar-refractivity contribution in [3.63, 3.8) is 0 Å². The van der Waals surface area contributed by atoms with Crippen LogP contribution in [-0.4, -0.2) is 16.3 Å². The third-order valence-electron chi connectivity index (χ3n) is 1.99. The van der Waals surface area contributed by atoms with Gasteiger partial charge in [-0.05, 0) is 42.0 Å². The van der Waals surface area contributed by atoms with Gasteiger partial charge in [-0.2, -0.15) is 0 Å². The van der Waals surface area contributed by atoms with E-state index >= 15 is 0 Å². The summed E-state index contributed by atoms with van der Waals surface area (Å²) in [7, 11) is 0. The van der Waals surface area contributed by atoms with Gasteiger partial charge in [0.1, 0.15) is 5.75 Å². The third kappa shape index (κ3) is 3.10. The summed E-state index contributed by atoms with van der Waals surface area (Å²) in [6, 6.07) is 5.50. The van der Waals surface area contributed by atoms with E-state index in [-0.39, 0.29) is 5.75 Å². The van der Waals surface area contributed by atoms with E-state index in [9.17, 15) is 13.2 Å². The molecule has 2 aromatic rings. The van der Waals surface area contributed by atoms with Gasteiger partial charge in [0.25, 0.3) is 0 Å². The molecule has 1 heterocycles. The van der Waals surface area contributed by atoms with Gasteiger partial charge >= 0.3 is 6.36 Å². The molecule has 0 bridgehead atoms. The van der Waals surface area contributed by atoms with Gasteiger partial charge < -0.3 is 14.7 Å².